The van der Waals surface area contributed by atoms with Crippen LogP contribution in [0.1, 0.15) is 83.1 Å². The van der Waals surface area contributed by atoms with Gasteiger partial charge in [0.2, 0.25) is 0 Å². The van der Waals surface area contributed by atoms with Gasteiger partial charge in [0.15, 0.2) is 0 Å². The van der Waals surface area contributed by atoms with Crippen molar-refractivity contribution in [1.29, 1.82) is 0 Å². The lowest BCUT2D eigenvalue weighted by atomic mass is 9.91. The fraction of sp³-hybridized carbons (Fsp3) is 0.290. The number of hydrogen-bond donors (Lipinski definition) is 0. The van der Waals surface area contributed by atoms with Crippen molar-refractivity contribution in [1.82, 2.24) is 0 Å². The molecular weight excluding hydrogens is 929 g/mol. The summed E-state index contributed by atoms with van der Waals surface area (Å²) in [7, 11) is -3.96. The van der Waals surface area contributed by atoms with E-state index in [4.69, 9.17) is 0 Å². The molecular formula is C62H66S4Si2. The Morgan fingerprint density at radius 3 is 0.735 bits per heavy atom. The Morgan fingerprint density at radius 2 is 0.500 bits per heavy atom. The minimum absolute atomic E-state index is 0.625. The molecule has 6 heteroatoms. The molecule has 10 rings (SSSR count). The monoisotopic (exact) mass is 994 g/mol. The first-order chi connectivity index (χ1) is 32.7. The molecule has 6 aromatic carbocycles. The fourth-order valence-corrected chi connectivity index (χ4v) is 36.5. The summed E-state index contributed by atoms with van der Waals surface area (Å²) in [5.74, 6) is 0. The van der Waals surface area contributed by atoms with Crippen LogP contribution >= 0.6 is 45.3 Å². The highest BCUT2D eigenvalue weighted by atomic mass is 32.1. The minimum Gasteiger partial charge on any atom is -0.144 e. The number of thiophene rings is 4. The largest absolute Gasteiger partial charge is 0.144 e. The van der Waals surface area contributed by atoms with E-state index in [2.05, 4.69) is 251 Å². The van der Waals surface area contributed by atoms with Crippen molar-refractivity contribution in [2.45, 2.75) is 116 Å². The van der Waals surface area contributed by atoms with Crippen molar-refractivity contribution in [3.8, 4) is 54.3 Å². The second kappa shape index (κ2) is 18.4. The minimum atomic E-state index is -1.98. The number of benzene rings is 6. The second-order valence-electron chi connectivity index (χ2n) is 21.2. The van der Waals surface area contributed by atoms with E-state index in [1.807, 2.05) is 22.7 Å². The standard InChI is InChI=1S/C62H66S4Si2/c1-37(2)67(38(3)4,39(5)6)53-35-49-47-33-51(63-59(47)55(43-25-17-13-18-26-43)57(61(49)65-53)45-29-21-15-22-30-45)52-34-48-50-36-54(68(40(7)8,41(9)10)42(11)12)66-62(50)58(46-31-23-16-24-32-46)56(60(48)64-52)44-27-19-14-20-28-44/h13-42H,1-12H3. The van der Waals surface area contributed by atoms with E-state index in [0.717, 1.165) is 0 Å². The summed E-state index contributed by atoms with van der Waals surface area (Å²) in [6.45, 7) is 30.2. The van der Waals surface area contributed by atoms with Gasteiger partial charge in [-0.25, -0.2) is 0 Å². The normalized spacial score (nSPS) is 12.9. The summed E-state index contributed by atoms with van der Waals surface area (Å²) >= 11 is 8.28. The Labute approximate surface area is 423 Å². The van der Waals surface area contributed by atoms with Crippen LogP contribution in [0.2, 0.25) is 33.2 Å². The molecule has 346 valence electrons. The summed E-state index contributed by atoms with van der Waals surface area (Å²) in [4.78, 5) is 2.72. The van der Waals surface area contributed by atoms with Gasteiger partial charge in [0.1, 0.15) is 16.1 Å². The SMILES string of the molecule is CC(C)[Si](c1cc2c(s1)c(-c1ccccc1)c(-c1ccccc1)c1sc(-c3cc4c(s3)c(-c3ccccc3)c(-c3ccccc3)c3sc([Si](C(C)C)(C(C)C)C(C)C)cc34)cc12)(C(C)C)C(C)C. The lowest BCUT2D eigenvalue weighted by Crippen LogP contribution is -2.54. The summed E-state index contributed by atoms with van der Waals surface area (Å²) < 4.78 is 8.98. The molecule has 0 saturated heterocycles. The van der Waals surface area contributed by atoms with Crippen molar-refractivity contribution < 1.29 is 0 Å². The maximum absolute atomic E-state index is 2.70. The van der Waals surface area contributed by atoms with Gasteiger partial charge in [0.05, 0.1) is 0 Å². The van der Waals surface area contributed by atoms with E-state index in [1.54, 1.807) is 9.00 Å². The summed E-state index contributed by atoms with van der Waals surface area (Å²) in [6.07, 6.45) is 0. The molecule has 0 spiro atoms. The lowest BCUT2D eigenvalue weighted by Gasteiger charge is -2.42. The van der Waals surface area contributed by atoms with Crippen LogP contribution in [-0.2, 0) is 0 Å². The van der Waals surface area contributed by atoms with Crippen LogP contribution in [0.5, 0.6) is 0 Å². The van der Waals surface area contributed by atoms with E-state index in [0.29, 0.717) is 33.2 Å². The highest BCUT2D eigenvalue weighted by Crippen LogP contribution is 2.56. The Morgan fingerprint density at radius 1 is 0.279 bits per heavy atom. The predicted molar refractivity (Wildman–Crippen MR) is 317 cm³/mol. The van der Waals surface area contributed by atoms with E-state index < -0.39 is 16.1 Å². The maximum atomic E-state index is 2.70. The smallest absolute Gasteiger partial charge is 0.107 e. The fourth-order valence-electron chi connectivity index (χ4n) is 13.5. The topological polar surface area (TPSA) is 0 Å². The highest BCUT2D eigenvalue weighted by molar-refractivity contribution is 7.34. The Bertz CT molecular complexity index is 3130. The first-order valence-corrected chi connectivity index (χ1v) is 32.7. The molecule has 0 unspecified atom stereocenters. The van der Waals surface area contributed by atoms with Crippen LogP contribution in [0.15, 0.2) is 146 Å². The quantitative estimate of drug-likeness (QED) is 0.101. The summed E-state index contributed by atoms with van der Waals surface area (Å²) in [5.41, 5.74) is 14.4. The zero-order valence-electron chi connectivity index (χ0n) is 42.0. The third-order valence-corrected chi connectivity index (χ3v) is 36.6. The molecule has 68 heavy (non-hydrogen) atoms. The van der Waals surface area contributed by atoms with E-state index >= 15 is 0 Å². The van der Waals surface area contributed by atoms with Crippen molar-refractivity contribution in [2.75, 3.05) is 0 Å². The average molecular weight is 996 g/mol. The molecule has 0 saturated carbocycles. The molecule has 4 aromatic heterocycles. The Balaban J connectivity index is 1.34. The van der Waals surface area contributed by atoms with Crippen LogP contribution in [0, 0.1) is 0 Å². The maximum Gasteiger partial charge on any atom is 0.107 e. The predicted octanol–water partition coefficient (Wildman–Crippen LogP) is 20.7. The van der Waals surface area contributed by atoms with Crippen molar-refractivity contribution in [3.63, 3.8) is 0 Å². The third kappa shape index (κ3) is 7.33. The molecule has 4 heterocycles. The molecule has 0 N–H and O–H groups in total. The van der Waals surface area contributed by atoms with Crippen molar-refractivity contribution >= 4 is 111 Å². The number of rotatable bonds is 13. The molecule has 0 aliphatic carbocycles. The molecule has 0 radical (unpaired) electrons. The van der Waals surface area contributed by atoms with Gasteiger partial charge in [-0.3, -0.25) is 0 Å². The van der Waals surface area contributed by atoms with Crippen molar-refractivity contribution in [2.24, 2.45) is 0 Å². The van der Waals surface area contributed by atoms with Gasteiger partial charge < -0.3 is 0 Å². The third-order valence-electron chi connectivity index (χ3n) is 16.0. The molecule has 0 amide bonds. The molecule has 10 aromatic rings. The van der Waals surface area contributed by atoms with Crippen LogP contribution in [0.3, 0.4) is 0 Å². The van der Waals surface area contributed by atoms with Crippen LogP contribution in [0.25, 0.3) is 94.6 Å². The van der Waals surface area contributed by atoms with E-state index in [1.165, 1.54) is 94.6 Å². The second-order valence-corrected chi connectivity index (χ2v) is 37.8. The van der Waals surface area contributed by atoms with Crippen LogP contribution in [-0.4, -0.2) is 16.1 Å². The van der Waals surface area contributed by atoms with Gasteiger partial charge in [-0.05, 0) is 88.8 Å². The summed E-state index contributed by atoms with van der Waals surface area (Å²) in [6, 6.07) is 55.8. The zero-order chi connectivity index (χ0) is 47.8. The highest BCUT2D eigenvalue weighted by Gasteiger charge is 2.47. The molecule has 0 atom stereocenters. The zero-order valence-corrected chi connectivity index (χ0v) is 47.2. The van der Waals surface area contributed by atoms with Gasteiger partial charge in [-0.2, -0.15) is 0 Å². The van der Waals surface area contributed by atoms with Gasteiger partial charge in [-0.15, -0.1) is 45.3 Å². The Kier molecular flexibility index (Phi) is 12.8. The van der Waals surface area contributed by atoms with E-state index in [9.17, 15) is 0 Å². The number of hydrogen-bond acceptors (Lipinski definition) is 4. The average Bonchev–Trinajstić information content (AvgIpc) is 4.14. The molecule has 0 fully saturated rings. The summed E-state index contributed by atoms with van der Waals surface area (Å²) in [5, 5.41) is 5.66. The van der Waals surface area contributed by atoms with E-state index in [-0.39, 0.29) is 0 Å². The van der Waals surface area contributed by atoms with Crippen molar-refractivity contribution in [3.05, 3.63) is 146 Å². The van der Waals surface area contributed by atoms with Crippen LogP contribution < -0.4 is 9.00 Å². The Hall–Kier alpha value is -4.41. The molecule has 0 bridgehead atoms. The molecule has 0 aliphatic heterocycles. The van der Waals surface area contributed by atoms with Gasteiger partial charge in [0.25, 0.3) is 0 Å². The first-order valence-electron chi connectivity index (χ1n) is 25.0. The molecule has 0 nitrogen and oxygen atoms in total. The van der Waals surface area contributed by atoms with Gasteiger partial charge in [0, 0.05) is 72.4 Å². The molecule has 0 aliphatic rings. The lowest BCUT2D eigenvalue weighted by molar-refractivity contribution is 0.837. The van der Waals surface area contributed by atoms with Gasteiger partial charge >= 0.3 is 0 Å². The first kappa shape index (κ1) is 47.3. The number of fused-ring (bicyclic) bond motifs is 6. The van der Waals surface area contributed by atoms with Gasteiger partial charge in [-0.1, -0.05) is 204 Å². The van der Waals surface area contributed by atoms with Crippen LogP contribution in [0.4, 0.5) is 0 Å².